The van der Waals surface area contributed by atoms with E-state index < -0.39 is 10.0 Å². The van der Waals surface area contributed by atoms with Gasteiger partial charge in [0.05, 0.1) is 19.1 Å². The van der Waals surface area contributed by atoms with E-state index in [2.05, 4.69) is 5.32 Å². The average Bonchev–Trinajstić information content (AvgIpc) is 2.28. The van der Waals surface area contributed by atoms with Gasteiger partial charge in [-0.15, -0.1) is 0 Å². The van der Waals surface area contributed by atoms with Gasteiger partial charge in [-0.05, 0) is 19.2 Å². The molecule has 0 radical (unpaired) electrons. The van der Waals surface area contributed by atoms with Gasteiger partial charge in [-0.25, -0.2) is 8.42 Å². The predicted molar refractivity (Wildman–Crippen MR) is 69.1 cm³/mol. The van der Waals surface area contributed by atoms with Crippen LogP contribution in [0.5, 0.6) is 5.75 Å². The van der Waals surface area contributed by atoms with Crippen LogP contribution in [-0.4, -0.2) is 41.9 Å². The van der Waals surface area contributed by atoms with Gasteiger partial charge in [0.1, 0.15) is 5.75 Å². The van der Waals surface area contributed by atoms with Crippen molar-refractivity contribution in [2.75, 3.05) is 37.8 Å². The van der Waals surface area contributed by atoms with Gasteiger partial charge in [0.2, 0.25) is 10.0 Å². The number of sulfonamides is 1. The molecule has 0 bridgehead atoms. The third-order valence-corrected chi connectivity index (χ3v) is 3.50. The first-order valence-electron chi connectivity index (χ1n) is 5.25. The maximum atomic E-state index is 11.7. The van der Waals surface area contributed by atoms with E-state index in [1.165, 1.54) is 10.6 Å². The fourth-order valence-corrected chi connectivity index (χ4v) is 2.38. The zero-order valence-corrected chi connectivity index (χ0v) is 11.1. The molecule has 17 heavy (non-hydrogen) atoms. The van der Waals surface area contributed by atoms with Gasteiger partial charge in [0.15, 0.2) is 0 Å². The Morgan fingerprint density at radius 1 is 1.41 bits per heavy atom. The van der Waals surface area contributed by atoms with Crippen molar-refractivity contribution in [1.29, 1.82) is 0 Å². The number of methoxy groups -OCH3 is 1. The number of likely N-dealkylation sites (N-methyl/N-ethyl adjacent to an activating group) is 1. The van der Waals surface area contributed by atoms with Gasteiger partial charge in [-0.3, -0.25) is 4.31 Å². The summed E-state index contributed by atoms with van der Waals surface area (Å²) in [4.78, 5) is 0. The molecule has 0 spiro atoms. The molecule has 6 heteroatoms. The van der Waals surface area contributed by atoms with Crippen molar-refractivity contribution in [1.82, 2.24) is 5.32 Å². The maximum Gasteiger partial charge on any atom is 0.232 e. The molecule has 5 nitrogen and oxygen atoms in total. The Morgan fingerprint density at radius 2 is 2.12 bits per heavy atom. The molecule has 1 N–H and O–H groups in total. The molecule has 0 fully saturated rings. The van der Waals surface area contributed by atoms with Crippen molar-refractivity contribution in [2.45, 2.75) is 0 Å². The summed E-state index contributed by atoms with van der Waals surface area (Å²) in [6, 6.07) is 7.00. The van der Waals surface area contributed by atoms with Crippen molar-refractivity contribution in [3.63, 3.8) is 0 Å². The quantitative estimate of drug-likeness (QED) is 0.815. The Morgan fingerprint density at radius 3 is 2.65 bits per heavy atom. The maximum absolute atomic E-state index is 11.7. The first kappa shape index (κ1) is 13.8. The molecule has 96 valence electrons. The van der Waals surface area contributed by atoms with E-state index in [9.17, 15) is 8.42 Å². The number of rotatable bonds is 6. The predicted octanol–water partition coefficient (Wildman–Crippen LogP) is 0.681. The smallest absolute Gasteiger partial charge is 0.232 e. The molecule has 1 aromatic rings. The lowest BCUT2D eigenvalue weighted by Crippen LogP contribution is -2.35. The Balaban J connectivity index is 3.04. The molecule has 0 aromatic heterocycles. The standard InChI is InChI=1S/C11H18N2O3S/c1-12-7-8-13(17(3,14)15)10-5-4-6-11(9-10)16-2/h4-6,9,12H,7-8H2,1-3H3. The van der Waals surface area contributed by atoms with Crippen molar-refractivity contribution >= 4 is 15.7 Å². The first-order chi connectivity index (χ1) is 7.99. The lowest BCUT2D eigenvalue weighted by molar-refractivity contribution is 0.415. The number of hydrogen-bond donors (Lipinski definition) is 1. The third kappa shape index (κ3) is 3.90. The minimum atomic E-state index is -3.28. The first-order valence-corrected chi connectivity index (χ1v) is 7.10. The van der Waals surface area contributed by atoms with Gasteiger partial charge in [-0.2, -0.15) is 0 Å². The highest BCUT2D eigenvalue weighted by atomic mass is 32.2. The minimum Gasteiger partial charge on any atom is -0.497 e. The molecule has 0 saturated heterocycles. The Bertz CT molecular complexity index is 460. The van der Waals surface area contributed by atoms with Crippen molar-refractivity contribution in [2.24, 2.45) is 0 Å². The highest BCUT2D eigenvalue weighted by Gasteiger charge is 2.16. The molecule has 0 unspecified atom stereocenters. The molecule has 1 aromatic carbocycles. The monoisotopic (exact) mass is 258 g/mol. The van der Waals surface area contributed by atoms with E-state index in [4.69, 9.17) is 4.74 Å². The average molecular weight is 258 g/mol. The van der Waals surface area contributed by atoms with E-state index >= 15 is 0 Å². The lowest BCUT2D eigenvalue weighted by Gasteiger charge is -2.22. The van der Waals surface area contributed by atoms with Crippen LogP contribution >= 0.6 is 0 Å². The number of nitrogens with zero attached hydrogens (tertiary/aromatic N) is 1. The van der Waals surface area contributed by atoms with Crippen LogP contribution in [-0.2, 0) is 10.0 Å². The summed E-state index contributed by atoms with van der Waals surface area (Å²) in [5.74, 6) is 0.639. The molecule has 0 amide bonds. The van der Waals surface area contributed by atoms with E-state index in [1.54, 1.807) is 38.4 Å². The van der Waals surface area contributed by atoms with E-state index in [0.29, 0.717) is 24.5 Å². The summed E-state index contributed by atoms with van der Waals surface area (Å²) in [6.45, 7) is 0.979. The molecule has 0 saturated carbocycles. The summed E-state index contributed by atoms with van der Waals surface area (Å²) in [6.07, 6.45) is 1.20. The molecular formula is C11H18N2O3S. The van der Waals surface area contributed by atoms with Crippen molar-refractivity contribution in [3.8, 4) is 5.75 Å². The van der Waals surface area contributed by atoms with Gasteiger partial charge in [-0.1, -0.05) is 6.07 Å². The Hall–Kier alpha value is -1.27. The van der Waals surface area contributed by atoms with Gasteiger partial charge < -0.3 is 10.1 Å². The van der Waals surface area contributed by atoms with E-state index in [0.717, 1.165) is 0 Å². The highest BCUT2D eigenvalue weighted by Crippen LogP contribution is 2.22. The van der Waals surface area contributed by atoms with Crippen molar-refractivity contribution in [3.05, 3.63) is 24.3 Å². The summed E-state index contributed by atoms with van der Waals surface area (Å²) < 4.78 is 29.8. The molecular weight excluding hydrogens is 240 g/mol. The number of benzene rings is 1. The highest BCUT2D eigenvalue weighted by molar-refractivity contribution is 7.92. The molecule has 0 atom stereocenters. The Kier molecular flexibility index (Phi) is 4.77. The van der Waals surface area contributed by atoms with Crippen LogP contribution in [0.25, 0.3) is 0 Å². The fourth-order valence-electron chi connectivity index (χ4n) is 1.47. The topological polar surface area (TPSA) is 58.6 Å². The zero-order valence-electron chi connectivity index (χ0n) is 10.3. The fraction of sp³-hybridized carbons (Fsp3) is 0.455. The molecule has 0 heterocycles. The van der Waals surface area contributed by atoms with Crippen LogP contribution < -0.4 is 14.4 Å². The van der Waals surface area contributed by atoms with Crippen LogP contribution in [0.4, 0.5) is 5.69 Å². The second-order valence-corrected chi connectivity index (χ2v) is 5.55. The van der Waals surface area contributed by atoms with Crippen LogP contribution in [0.15, 0.2) is 24.3 Å². The normalized spacial score (nSPS) is 11.2. The van der Waals surface area contributed by atoms with Crippen LogP contribution in [0.2, 0.25) is 0 Å². The van der Waals surface area contributed by atoms with Gasteiger partial charge >= 0.3 is 0 Å². The van der Waals surface area contributed by atoms with E-state index in [1.807, 2.05) is 0 Å². The molecule has 0 aliphatic carbocycles. The number of ether oxygens (including phenoxy) is 1. The van der Waals surface area contributed by atoms with Crippen molar-refractivity contribution < 1.29 is 13.2 Å². The van der Waals surface area contributed by atoms with Crippen LogP contribution in [0.1, 0.15) is 0 Å². The number of anilines is 1. The van der Waals surface area contributed by atoms with Crippen LogP contribution in [0, 0.1) is 0 Å². The molecule has 1 rings (SSSR count). The third-order valence-electron chi connectivity index (χ3n) is 2.31. The molecule has 0 aliphatic rings. The van der Waals surface area contributed by atoms with E-state index in [-0.39, 0.29) is 0 Å². The summed E-state index contributed by atoms with van der Waals surface area (Å²) in [7, 11) is 0.0594. The second-order valence-electron chi connectivity index (χ2n) is 3.64. The van der Waals surface area contributed by atoms with Crippen LogP contribution in [0.3, 0.4) is 0 Å². The van der Waals surface area contributed by atoms with Gasteiger partial charge in [0, 0.05) is 19.2 Å². The lowest BCUT2D eigenvalue weighted by atomic mass is 10.3. The molecule has 0 aliphatic heterocycles. The largest absolute Gasteiger partial charge is 0.497 e. The zero-order chi connectivity index (χ0) is 12.9. The second kappa shape index (κ2) is 5.88. The summed E-state index contributed by atoms with van der Waals surface area (Å²) in [5.41, 5.74) is 0.613. The van der Waals surface area contributed by atoms with Gasteiger partial charge in [0.25, 0.3) is 0 Å². The summed E-state index contributed by atoms with van der Waals surface area (Å²) in [5, 5.41) is 2.93. The Labute approximate surface area is 102 Å². The SMILES string of the molecule is CNCCN(c1cccc(OC)c1)S(C)(=O)=O. The number of nitrogens with one attached hydrogen (secondary N) is 1. The number of hydrogen-bond acceptors (Lipinski definition) is 4. The summed E-state index contributed by atoms with van der Waals surface area (Å²) >= 11 is 0. The minimum absolute atomic E-state index is 0.391.